The van der Waals surface area contributed by atoms with Gasteiger partial charge in [-0.3, -0.25) is 9.59 Å². The number of furan rings is 1. The molecule has 1 heterocycles. The van der Waals surface area contributed by atoms with Gasteiger partial charge in [-0.15, -0.1) is 0 Å². The molecule has 2 N–H and O–H groups in total. The molecule has 0 fully saturated rings. The van der Waals surface area contributed by atoms with E-state index < -0.39 is 11.4 Å². The summed E-state index contributed by atoms with van der Waals surface area (Å²) in [5.41, 5.74) is 1.26. The Morgan fingerprint density at radius 2 is 1.79 bits per heavy atom. The zero-order chi connectivity index (χ0) is 17.9. The van der Waals surface area contributed by atoms with Gasteiger partial charge in [0.1, 0.15) is 11.5 Å². The zero-order valence-electron chi connectivity index (χ0n) is 14.5. The largest absolute Gasteiger partial charge is 0.481 e. The number of amides is 1. The first-order chi connectivity index (χ1) is 11.2. The predicted octanol–water partition coefficient (Wildman–Crippen LogP) is 3.79. The number of carboxylic acids is 1. The Labute approximate surface area is 141 Å². The van der Waals surface area contributed by atoms with Crippen LogP contribution in [-0.4, -0.2) is 23.5 Å². The van der Waals surface area contributed by atoms with Gasteiger partial charge in [-0.2, -0.15) is 0 Å². The van der Waals surface area contributed by atoms with Crippen molar-refractivity contribution in [3.8, 4) is 11.3 Å². The van der Waals surface area contributed by atoms with Gasteiger partial charge in [0, 0.05) is 17.7 Å². The van der Waals surface area contributed by atoms with Crippen molar-refractivity contribution in [2.45, 2.75) is 34.1 Å². The van der Waals surface area contributed by atoms with Gasteiger partial charge in [0.15, 0.2) is 0 Å². The highest BCUT2D eigenvalue weighted by Gasteiger charge is 2.27. The first-order valence-electron chi connectivity index (χ1n) is 7.91. The van der Waals surface area contributed by atoms with Crippen LogP contribution in [0.3, 0.4) is 0 Å². The van der Waals surface area contributed by atoms with Crippen LogP contribution in [-0.2, 0) is 4.79 Å². The van der Waals surface area contributed by atoms with E-state index in [1.807, 2.05) is 44.2 Å². The fraction of sp³-hybridized carbons (Fsp3) is 0.368. The molecule has 0 unspecified atom stereocenters. The number of carbonyl (C=O) groups is 2. The van der Waals surface area contributed by atoms with Gasteiger partial charge in [0.25, 0.3) is 5.91 Å². The third-order valence-corrected chi connectivity index (χ3v) is 4.26. The van der Waals surface area contributed by atoms with Crippen molar-refractivity contribution in [2.75, 3.05) is 6.54 Å². The zero-order valence-corrected chi connectivity index (χ0v) is 14.5. The second-order valence-corrected chi connectivity index (χ2v) is 6.55. The molecule has 1 aromatic carbocycles. The molecule has 5 nitrogen and oxygen atoms in total. The van der Waals surface area contributed by atoms with Crippen molar-refractivity contribution in [1.82, 2.24) is 5.32 Å². The number of nitrogens with one attached hydrogen (secondary N) is 1. The van der Waals surface area contributed by atoms with Crippen LogP contribution < -0.4 is 5.32 Å². The highest BCUT2D eigenvalue weighted by molar-refractivity contribution is 6.01. The topological polar surface area (TPSA) is 79.5 Å². The van der Waals surface area contributed by atoms with Crippen molar-refractivity contribution >= 4 is 11.9 Å². The van der Waals surface area contributed by atoms with Crippen LogP contribution >= 0.6 is 0 Å². The number of aliphatic carboxylic acids is 1. The lowest BCUT2D eigenvalue weighted by Crippen LogP contribution is -2.32. The molecule has 0 saturated carbocycles. The summed E-state index contributed by atoms with van der Waals surface area (Å²) < 4.78 is 5.78. The molecule has 5 heteroatoms. The van der Waals surface area contributed by atoms with Crippen molar-refractivity contribution in [3.63, 3.8) is 0 Å². The fourth-order valence-electron chi connectivity index (χ4n) is 2.38. The molecule has 24 heavy (non-hydrogen) atoms. The number of carboxylic acid groups (broad SMARTS) is 1. The van der Waals surface area contributed by atoms with Gasteiger partial charge in [-0.1, -0.05) is 30.3 Å². The van der Waals surface area contributed by atoms with E-state index in [0.29, 0.717) is 23.5 Å². The highest BCUT2D eigenvalue weighted by Crippen LogP contribution is 2.31. The van der Waals surface area contributed by atoms with E-state index in [2.05, 4.69) is 5.32 Å². The molecule has 0 aliphatic carbocycles. The van der Waals surface area contributed by atoms with E-state index in [1.165, 1.54) is 0 Å². The average Bonchev–Trinajstić information content (AvgIpc) is 2.83. The van der Waals surface area contributed by atoms with E-state index in [0.717, 1.165) is 11.1 Å². The van der Waals surface area contributed by atoms with Gasteiger partial charge in [0.2, 0.25) is 0 Å². The third-order valence-electron chi connectivity index (χ3n) is 4.26. The summed E-state index contributed by atoms with van der Waals surface area (Å²) in [5.74, 6) is 0.118. The molecular weight excluding hydrogens is 306 g/mol. The van der Waals surface area contributed by atoms with Crippen molar-refractivity contribution in [1.29, 1.82) is 0 Å². The maximum absolute atomic E-state index is 12.6. The molecule has 0 spiro atoms. The van der Waals surface area contributed by atoms with Gasteiger partial charge in [-0.25, -0.2) is 0 Å². The summed E-state index contributed by atoms with van der Waals surface area (Å²) in [6, 6.07) is 9.46. The van der Waals surface area contributed by atoms with Gasteiger partial charge >= 0.3 is 5.97 Å². The average molecular weight is 329 g/mol. The van der Waals surface area contributed by atoms with Crippen molar-refractivity contribution in [3.05, 3.63) is 47.2 Å². The summed E-state index contributed by atoms with van der Waals surface area (Å²) in [6.45, 7) is 7.25. The summed E-state index contributed by atoms with van der Waals surface area (Å²) in [5, 5.41) is 11.9. The van der Waals surface area contributed by atoms with Crippen LogP contribution in [0.4, 0.5) is 0 Å². The monoisotopic (exact) mass is 329 g/mol. The molecule has 0 aliphatic heterocycles. The molecule has 0 radical (unpaired) electrons. The molecule has 1 amide bonds. The van der Waals surface area contributed by atoms with E-state index in [1.54, 1.807) is 13.8 Å². The number of benzene rings is 1. The smallest absolute Gasteiger partial charge is 0.309 e. The normalized spacial score (nSPS) is 11.3. The van der Waals surface area contributed by atoms with Crippen LogP contribution in [0.1, 0.15) is 41.9 Å². The number of hydrogen-bond donors (Lipinski definition) is 2. The van der Waals surface area contributed by atoms with Crippen LogP contribution in [0.25, 0.3) is 11.3 Å². The minimum Gasteiger partial charge on any atom is -0.481 e. The summed E-state index contributed by atoms with van der Waals surface area (Å²) in [7, 11) is 0. The fourth-order valence-corrected chi connectivity index (χ4v) is 2.38. The highest BCUT2D eigenvalue weighted by atomic mass is 16.4. The third kappa shape index (κ3) is 3.67. The Bertz CT molecular complexity index is 744. The van der Waals surface area contributed by atoms with E-state index >= 15 is 0 Å². The molecule has 2 rings (SSSR count). The Morgan fingerprint density at radius 3 is 2.38 bits per heavy atom. The minimum atomic E-state index is -0.878. The summed E-state index contributed by atoms with van der Waals surface area (Å²) >= 11 is 0. The first-order valence-corrected chi connectivity index (χ1v) is 7.91. The summed E-state index contributed by atoms with van der Waals surface area (Å²) in [4.78, 5) is 23.7. The lowest BCUT2D eigenvalue weighted by molar-refractivity contribution is -0.147. The maximum atomic E-state index is 12.6. The Morgan fingerprint density at radius 1 is 1.17 bits per heavy atom. The second kappa shape index (κ2) is 6.91. The SMILES string of the molecule is Cc1oc(-c2ccccc2)c(C(=O)NCCC(C)(C)C(=O)O)c1C. The number of rotatable bonds is 6. The molecule has 128 valence electrons. The van der Waals surface area contributed by atoms with Gasteiger partial charge in [-0.05, 0) is 34.1 Å². The van der Waals surface area contributed by atoms with Crippen molar-refractivity contribution < 1.29 is 19.1 Å². The molecule has 1 aromatic heterocycles. The Balaban J connectivity index is 2.20. The lowest BCUT2D eigenvalue weighted by atomic mass is 9.89. The van der Waals surface area contributed by atoms with Gasteiger partial charge < -0.3 is 14.8 Å². The standard InChI is InChI=1S/C19H23NO4/c1-12-13(2)24-16(14-8-6-5-7-9-14)15(12)17(21)20-11-10-19(3,4)18(22)23/h5-9H,10-11H2,1-4H3,(H,20,21)(H,22,23). The first kappa shape index (κ1) is 17.8. The molecule has 2 aromatic rings. The minimum absolute atomic E-state index is 0.246. The Kier molecular flexibility index (Phi) is 5.12. The second-order valence-electron chi connectivity index (χ2n) is 6.55. The molecule has 0 bridgehead atoms. The van der Waals surface area contributed by atoms with E-state index in [4.69, 9.17) is 9.52 Å². The van der Waals surface area contributed by atoms with E-state index in [-0.39, 0.29) is 12.5 Å². The maximum Gasteiger partial charge on any atom is 0.309 e. The molecular formula is C19H23NO4. The summed E-state index contributed by atoms with van der Waals surface area (Å²) in [6.07, 6.45) is 0.352. The quantitative estimate of drug-likeness (QED) is 0.845. The van der Waals surface area contributed by atoms with Crippen LogP contribution in [0.2, 0.25) is 0 Å². The molecule has 0 saturated heterocycles. The predicted molar refractivity (Wildman–Crippen MR) is 92.0 cm³/mol. The Hall–Kier alpha value is -2.56. The molecule has 0 aliphatic rings. The van der Waals surface area contributed by atoms with Crippen molar-refractivity contribution in [2.24, 2.45) is 5.41 Å². The molecule has 0 atom stereocenters. The van der Waals surface area contributed by atoms with Crippen LogP contribution in [0.15, 0.2) is 34.7 Å². The van der Waals surface area contributed by atoms with Gasteiger partial charge in [0.05, 0.1) is 11.0 Å². The number of carbonyl (C=O) groups excluding carboxylic acids is 1. The van der Waals surface area contributed by atoms with Crippen LogP contribution in [0.5, 0.6) is 0 Å². The van der Waals surface area contributed by atoms with Crippen LogP contribution in [0, 0.1) is 19.3 Å². The number of aryl methyl sites for hydroxylation is 1. The van der Waals surface area contributed by atoms with E-state index in [9.17, 15) is 9.59 Å². The lowest BCUT2D eigenvalue weighted by Gasteiger charge is -2.19. The number of hydrogen-bond acceptors (Lipinski definition) is 3.